The Morgan fingerprint density at radius 2 is 1.96 bits per heavy atom. The summed E-state index contributed by atoms with van der Waals surface area (Å²) in [7, 11) is 0. The van der Waals surface area contributed by atoms with Gasteiger partial charge in [0.25, 0.3) is 0 Å². The molecule has 136 valence electrons. The van der Waals surface area contributed by atoms with Crippen LogP contribution in [0.1, 0.15) is 17.8 Å². The molecule has 2 heterocycles. The fraction of sp³-hybridized carbons (Fsp3) is 0.200. The first-order valence-corrected chi connectivity index (χ1v) is 8.82. The Labute approximate surface area is 156 Å². The van der Waals surface area contributed by atoms with Crippen molar-refractivity contribution < 1.29 is 4.39 Å². The molecular weight excluding hydrogens is 343 g/mol. The lowest BCUT2D eigenvalue weighted by Gasteiger charge is -2.12. The first kappa shape index (κ1) is 17.1. The number of tetrazole rings is 1. The van der Waals surface area contributed by atoms with Crippen molar-refractivity contribution in [3.8, 4) is 22.5 Å². The molecule has 0 unspecified atom stereocenters. The van der Waals surface area contributed by atoms with E-state index in [0.29, 0.717) is 24.4 Å². The third kappa shape index (κ3) is 3.62. The Kier molecular flexibility index (Phi) is 4.74. The van der Waals surface area contributed by atoms with Gasteiger partial charge in [-0.2, -0.15) is 5.21 Å². The summed E-state index contributed by atoms with van der Waals surface area (Å²) in [6, 6.07) is 15.1. The summed E-state index contributed by atoms with van der Waals surface area (Å²) >= 11 is 0. The zero-order valence-corrected chi connectivity index (χ0v) is 14.9. The van der Waals surface area contributed by atoms with Gasteiger partial charge in [0.15, 0.2) is 5.82 Å². The number of imidazole rings is 1. The van der Waals surface area contributed by atoms with Crippen LogP contribution in [-0.2, 0) is 13.0 Å². The topological polar surface area (TPSA) is 72.3 Å². The van der Waals surface area contributed by atoms with Gasteiger partial charge in [-0.1, -0.05) is 41.6 Å². The second kappa shape index (κ2) is 7.49. The zero-order chi connectivity index (χ0) is 18.6. The van der Waals surface area contributed by atoms with E-state index >= 15 is 0 Å². The van der Waals surface area contributed by atoms with Crippen LogP contribution in [0.2, 0.25) is 0 Å². The van der Waals surface area contributed by atoms with Gasteiger partial charge < -0.3 is 4.57 Å². The predicted molar refractivity (Wildman–Crippen MR) is 100 cm³/mol. The van der Waals surface area contributed by atoms with Gasteiger partial charge >= 0.3 is 0 Å². The highest BCUT2D eigenvalue weighted by Gasteiger charge is 2.18. The molecule has 7 heteroatoms. The zero-order valence-electron chi connectivity index (χ0n) is 14.9. The number of H-pyrrole nitrogens is 1. The maximum absolute atomic E-state index is 14.8. The lowest BCUT2D eigenvalue weighted by Crippen LogP contribution is -2.03. The van der Waals surface area contributed by atoms with Gasteiger partial charge in [0.2, 0.25) is 0 Å². The normalized spacial score (nSPS) is 11.0. The number of nitrogens with one attached hydrogen (secondary N) is 1. The molecule has 0 atom stereocenters. The van der Waals surface area contributed by atoms with Gasteiger partial charge in [0.1, 0.15) is 5.82 Å². The molecule has 0 aliphatic heterocycles. The van der Waals surface area contributed by atoms with Crippen LogP contribution in [-0.4, -0.2) is 30.2 Å². The third-order valence-electron chi connectivity index (χ3n) is 4.45. The molecule has 0 amide bonds. The van der Waals surface area contributed by atoms with Crippen molar-refractivity contribution in [3.63, 3.8) is 0 Å². The van der Waals surface area contributed by atoms with Crippen molar-refractivity contribution in [2.75, 3.05) is 0 Å². The number of aryl methyl sites for hydroxylation is 3. The largest absolute Gasteiger partial charge is 0.330 e. The molecule has 0 fully saturated rings. The van der Waals surface area contributed by atoms with Crippen molar-refractivity contribution in [1.29, 1.82) is 0 Å². The minimum Gasteiger partial charge on any atom is -0.330 e. The molecule has 2 aromatic heterocycles. The molecule has 0 saturated carbocycles. The average molecular weight is 362 g/mol. The lowest BCUT2D eigenvalue weighted by molar-refractivity contribution is 0.615. The molecule has 0 aliphatic rings. The number of hydrogen-bond acceptors (Lipinski definition) is 4. The van der Waals surface area contributed by atoms with Crippen LogP contribution < -0.4 is 0 Å². The molecule has 27 heavy (non-hydrogen) atoms. The second-order valence-electron chi connectivity index (χ2n) is 6.42. The van der Waals surface area contributed by atoms with Gasteiger partial charge in [-0.3, -0.25) is 0 Å². The number of rotatable bonds is 6. The van der Waals surface area contributed by atoms with E-state index in [1.165, 1.54) is 0 Å². The van der Waals surface area contributed by atoms with Crippen LogP contribution in [0.5, 0.6) is 0 Å². The number of hydrogen-bond donors (Lipinski definition) is 1. The molecule has 0 radical (unpaired) electrons. The van der Waals surface area contributed by atoms with E-state index in [9.17, 15) is 4.39 Å². The number of halogens is 1. The maximum atomic E-state index is 14.8. The Balaban J connectivity index is 1.71. The summed E-state index contributed by atoms with van der Waals surface area (Å²) in [5.74, 6) is 0.425. The van der Waals surface area contributed by atoms with Crippen LogP contribution in [0.3, 0.4) is 0 Å². The molecule has 0 saturated heterocycles. The third-order valence-corrected chi connectivity index (χ3v) is 4.45. The summed E-state index contributed by atoms with van der Waals surface area (Å²) in [6.07, 6.45) is 3.25. The van der Waals surface area contributed by atoms with E-state index in [-0.39, 0.29) is 5.82 Å². The van der Waals surface area contributed by atoms with Crippen LogP contribution in [0.4, 0.5) is 4.39 Å². The summed E-state index contributed by atoms with van der Waals surface area (Å²) in [4.78, 5) is 4.59. The molecular formula is C20H19FN6. The van der Waals surface area contributed by atoms with Crippen molar-refractivity contribution in [1.82, 2.24) is 30.2 Å². The van der Waals surface area contributed by atoms with Crippen molar-refractivity contribution in [2.24, 2.45) is 0 Å². The SMILES string of the molecule is Cc1ccc(-c2c(-c3ccccc3)ncn2CCCc2nn[nH]n2)c(F)c1. The molecule has 6 nitrogen and oxygen atoms in total. The number of benzene rings is 2. The molecule has 4 aromatic rings. The Morgan fingerprint density at radius 1 is 1.11 bits per heavy atom. The standard InChI is InChI=1S/C20H19FN6/c1-14-9-10-16(17(21)12-14)20-19(15-6-3-2-4-7-15)22-13-27(20)11-5-8-18-23-25-26-24-18/h2-4,6-7,9-10,12-13H,5,8,11H2,1H3,(H,23,24,25,26). The van der Waals surface area contributed by atoms with E-state index in [1.807, 2.05) is 54.0 Å². The quantitative estimate of drug-likeness (QED) is 0.566. The number of aromatic amines is 1. The summed E-state index contributed by atoms with van der Waals surface area (Å²) in [6.45, 7) is 2.56. The highest BCUT2D eigenvalue weighted by atomic mass is 19.1. The molecule has 0 aliphatic carbocycles. The van der Waals surface area contributed by atoms with Crippen molar-refractivity contribution in [2.45, 2.75) is 26.3 Å². The fourth-order valence-electron chi connectivity index (χ4n) is 3.15. The summed E-state index contributed by atoms with van der Waals surface area (Å²) in [5.41, 5.74) is 3.96. The van der Waals surface area contributed by atoms with E-state index in [2.05, 4.69) is 25.6 Å². The van der Waals surface area contributed by atoms with Gasteiger partial charge in [-0.25, -0.2) is 9.37 Å². The highest BCUT2D eigenvalue weighted by Crippen LogP contribution is 2.33. The molecule has 1 N–H and O–H groups in total. The molecule has 2 aromatic carbocycles. The number of aromatic nitrogens is 6. The van der Waals surface area contributed by atoms with E-state index in [4.69, 9.17) is 0 Å². The van der Waals surface area contributed by atoms with E-state index < -0.39 is 0 Å². The van der Waals surface area contributed by atoms with Crippen molar-refractivity contribution in [3.05, 3.63) is 72.1 Å². The highest BCUT2D eigenvalue weighted by molar-refractivity contribution is 5.79. The van der Waals surface area contributed by atoms with Gasteiger partial charge in [0, 0.05) is 24.1 Å². The average Bonchev–Trinajstić information content (AvgIpc) is 3.33. The van der Waals surface area contributed by atoms with E-state index in [0.717, 1.165) is 28.9 Å². The van der Waals surface area contributed by atoms with Gasteiger partial charge in [0.05, 0.1) is 17.7 Å². The lowest BCUT2D eigenvalue weighted by atomic mass is 10.0. The molecule has 0 bridgehead atoms. The smallest absolute Gasteiger partial charge is 0.174 e. The minimum atomic E-state index is -0.243. The van der Waals surface area contributed by atoms with Crippen molar-refractivity contribution >= 4 is 0 Å². The summed E-state index contributed by atoms with van der Waals surface area (Å²) in [5, 5.41) is 14.0. The Bertz CT molecular complexity index is 1020. The fourth-order valence-corrected chi connectivity index (χ4v) is 3.15. The first-order valence-electron chi connectivity index (χ1n) is 8.82. The second-order valence-corrected chi connectivity index (χ2v) is 6.42. The Morgan fingerprint density at radius 3 is 2.70 bits per heavy atom. The Hall–Kier alpha value is -3.35. The maximum Gasteiger partial charge on any atom is 0.174 e. The monoisotopic (exact) mass is 362 g/mol. The van der Waals surface area contributed by atoms with Gasteiger partial charge in [-0.15, -0.1) is 10.2 Å². The van der Waals surface area contributed by atoms with Crippen LogP contribution >= 0.6 is 0 Å². The first-order chi connectivity index (χ1) is 13.2. The summed E-state index contributed by atoms with van der Waals surface area (Å²) < 4.78 is 16.8. The van der Waals surface area contributed by atoms with Crippen LogP contribution in [0.25, 0.3) is 22.5 Å². The van der Waals surface area contributed by atoms with Crippen LogP contribution in [0, 0.1) is 12.7 Å². The predicted octanol–water partition coefficient (Wildman–Crippen LogP) is 3.81. The minimum absolute atomic E-state index is 0.243. The number of nitrogens with zero attached hydrogens (tertiary/aromatic N) is 5. The van der Waals surface area contributed by atoms with E-state index in [1.54, 1.807) is 12.4 Å². The van der Waals surface area contributed by atoms with Crippen LogP contribution in [0.15, 0.2) is 54.9 Å². The molecule has 0 spiro atoms. The van der Waals surface area contributed by atoms with Gasteiger partial charge in [-0.05, 0) is 31.0 Å². The molecule has 4 rings (SSSR count).